The van der Waals surface area contributed by atoms with Crippen molar-refractivity contribution in [3.63, 3.8) is 0 Å². The van der Waals surface area contributed by atoms with Crippen LogP contribution in [0.4, 0.5) is 0 Å². The van der Waals surface area contributed by atoms with E-state index in [0.29, 0.717) is 12.0 Å². The monoisotopic (exact) mass is 273 g/mol. The number of nitrogens with one attached hydrogen (secondary N) is 1. The first-order valence-electron chi connectivity index (χ1n) is 8.23. The molecular formula is C18H27NO. The summed E-state index contributed by atoms with van der Waals surface area (Å²) in [5.41, 5.74) is 2.91. The summed E-state index contributed by atoms with van der Waals surface area (Å²) < 4.78 is 6.02. The van der Waals surface area contributed by atoms with Crippen LogP contribution >= 0.6 is 0 Å². The summed E-state index contributed by atoms with van der Waals surface area (Å²) in [5, 5.41) is 3.63. The first kappa shape index (κ1) is 13.9. The predicted octanol–water partition coefficient (Wildman–Crippen LogP) is 3.89. The summed E-state index contributed by atoms with van der Waals surface area (Å²) in [6.07, 6.45) is 6.39. The van der Waals surface area contributed by atoms with E-state index in [0.717, 1.165) is 19.1 Å². The fraction of sp³-hybridized carbons (Fsp3) is 0.667. The van der Waals surface area contributed by atoms with Gasteiger partial charge in [0.25, 0.3) is 0 Å². The number of benzene rings is 1. The van der Waals surface area contributed by atoms with Crippen LogP contribution < -0.4 is 10.1 Å². The lowest BCUT2D eigenvalue weighted by Crippen LogP contribution is -2.30. The number of para-hydroxylation sites is 1. The van der Waals surface area contributed by atoms with Gasteiger partial charge in [0, 0.05) is 6.04 Å². The Morgan fingerprint density at radius 3 is 3.00 bits per heavy atom. The second-order valence-corrected chi connectivity index (χ2v) is 6.65. The van der Waals surface area contributed by atoms with Crippen molar-refractivity contribution in [3.8, 4) is 5.75 Å². The molecule has 3 rings (SSSR count). The van der Waals surface area contributed by atoms with Gasteiger partial charge in [-0.05, 0) is 55.2 Å². The number of fused-ring (bicyclic) bond motifs is 1. The van der Waals surface area contributed by atoms with Crippen LogP contribution in [0.1, 0.15) is 56.6 Å². The molecule has 0 saturated heterocycles. The third kappa shape index (κ3) is 2.85. The highest BCUT2D eigenvalue weighted by molar-refractivity contribution is 5.45. The van der Waals surface area contributed by atoms with E-state index >= 15 is 0 Å². The van der Waals surface area contributed by atoms with Crippen molar-refractivity contribution in [2.24, 2.45) is 5.92 Å². The van der Waals surface area contributed by atoms with Crippen LogP contribution in [0.15, 0.2) is 18.2 Å². The Balaban J connectivity index is 1.80. The van der Waals surface area contributed by atoms with E-state index in [1.807, 2.05) is 0 Å². The lowest BCUT2D eigenvalue weighted by molar-refractivity contribution is 0.280. The predicted molar refractivity (Wildman–Crippen MR) is 83.5 cm³/mol. The van der Waals surface area contributed by atoms with Crippen LogP contribution in [0, 0.1) is 5.92 Å². The molecule has 0 aromatic heterocycles. The van der Waals surface area contributed by atoms with Crippen molar-refractivity contribution in [2.75, 3.05) is 13.2 Å². The van der Waals surface area contributed by atoms with Crippen LogP contribution in [-0.2, 0) is 6.42 Å². The number of hydrogen-bond donors (Lipinski definition) is 1. The first-order valence-corrected chi connectivity index (χ1v) is 8.23. The van der Waals surface area contributed by atoms with Crippen molar-refractivity contribution < 1.29 is 4.74 Å². The largest absolute Gasteiger partial charge is 0.493 e. The van der Waals surface area contributed by atoms with E-state index in [-0.39, 0.29) is 0 Å². The summed E-state index contributed by atoms with van der Waals surface area (Å²) in [7, 11) is 0. The smallest absolute Gasteiger partial charge is 0.125 e. The topological polar surface area (TPSA) is 21.3 Å². The summed E-state index contributed by atoms with van der Waals surface area (Å²) in [6.45, 7) is 6.51. The molecule has 1 aromatic rings. The van der Waals surface area contributed by atoms with E-state index in [1.165, 1.54) is 49.0 Å². The molecule has 1 N–H and O–H groups in total. The van der Waals surface area contributed by atoms with Crippen LogP contribution in [0.3, 0.4) is 0 Å². The van der Waals surface area contributed by atoms with Gasteiger partial charge in [0.05, 0.1) is 6.61 Å². The third-order valence-electron chi connectivity index (χ3n) is 4.81. The minimum Gasteiger partial charge on any atom is -0.493 e. The molecule has 1 heterocycles. The van der Waals surface area contributed by atoms with Crippen molar-refractivity contribution in [1.29, 1.82) is 0 Å². The van der Waals surface area contributed by atoms with Crippen LogP contribution in [0.5, 0.6) is 5.75 Å². The fourth-order valence-corrected chi connectivity index (χ4v) is 3.78. The second-order valence-electron chi connectivity index (χ2n) is 6.65. The van der Waals surface area contributed by atoms with Crippen molar-refractivity contribution >= 4 is 0 Å². The Morgan fingerprint density at radius 2 is 2.15 bits per heavy atom. The molecule has 0 spiro atoms. The van der Waals surface area contributed by atoms with Gasteiger partial charge in [0.15, 0.2) is 0 Å². The Labute approximate surface area is 122 Å². The highest BCUT2D eigenvalue weighted by atomic mass is 16.5. The molecule has 1 aliphatic heterocycles. The Morgan fingerprint density at radius 1 is 1.25 bits per heavy atom. The fourth-order valence-electron chi connectivity index (χ4n) is 3.78. The number of aryl methyl sites for hydroxylation is 1. The molecular weight excluding hydrogens is 246 g/mol. The van der Waals surface area contributed by atoms with E-state index in [4.69, 9.17) is 4.74 Å². The maximum atomic E-state index is 6.02. The zero-order chi connectivity index (χ0) is 13.9. The van der Waals surface area contributed by atoms with Crippen molar-refractivity contribution in [2.45, 2.75) is 57.9 Å². The Hall–Kier alpha value is -1.02. The minimum absolute atomic E-state index is 0.581. The normalized spacial score (nSPS) is 25.6. The van der Waals surface area contributed by atoms with Gasteiger partial charge in [-0.15, -0.1) is 0 Å². The molecule has 1 aliphatic carbocycles. The van der Waals surface area contributed by atoms with Gasteiger partial charge < -0.3 is 10.1 Å². The molecule has 0 amide bonds. The second kappa shape index (κ2) is 6.17. The molecule has 0 bridgehead atoms. The molecule has 1 aromatic carbocycles. The molecule has 0 radical (unpaired) electrons. The van der Waals surface area contributed by atoms with E-state index in [1.54, 1.807) is 0 Å². The maximum Gasteiger partial charge on any atom is 0.125 e. The van der Waals surface area contributed by atoms with Gasteiger partial charge >= 0.3 is 0 Å². The quantitative estimate of drug-likeness (QED) is 0.898. The molecule has 2 unspecified atom stereocenters. The Kier molecular flexibility index (Phi) is 4.30. The van der Waals surface area contributed by atoms with E-state index < -0.39 is 0 Å². The third-order valence-corrected chi connectivity index (χ3v) is 4.81. The van der Waals surface area contributed by atoms with Crippen LogP contribution in [-0.4, -0.2) is 19.2 Å². The number of rotatable bonds is 4. The summed E-state index contributed by atoms with van der Waals surface area (Å²) in [6, 6.07) is 7.36. The van der Waals surface area contributed by atoms with Gasteiger partial charge in [-0.2, -0.15) is 0 Å². The highest BCUT2D eigenvalue weighted by Crippen LogP contribution is 2.44. The van der Waals surface area contributed by atoms with Crippen molar-refractivity contribution in [1.82, 2.24) is 5.32 Å². The summed E-state index contributed by atoms with van der Waals surface area (Å²) in [4.78, 5) is 0. The van der Waals surface area contributed by atoms with Crippen molar-refractivity contribution in [3.05, 3.63) is 29.3 Å². The van der Waals surface area contributed by atoms with E-state index in [9.17, 15) is 0 Å². The molecule has 20 heavy (non-hydrogen) atoms. The molecule has 2 aliphatic rings. The average Bonchev–Trinajstić information content (AvgIpc) is 2.92. The number of hydrogen-bond acceptors (Lipinski definition) is 2. The molecule has 2 heteroatoms. The molecule has 1 fully saturated rings. The SMILES string of the molecule is CC(C)NCC1CCCC1c1cccc2c1OCCC2. The average molecular weight is 273 g/mol. The summed E-state index contributed by atoms with van der Waals surface area (Å²) in [5.74, 6) is 2.68. The lowest BCUT2D eigenvalue weighted by atomic mass is 9.86. The Bertz CT molecular complexity index is 455. The number of ether oxygens (including phenoxy) is 1. The van der Waals surface area contributed by atoms with Gasteiger partial charge in [0.1, 0.15) is 5.75 Å². The van der Waals surface area contributed by atoms with E-state index in [2.05, 4.69) is 37.4 Å². The first-order chi connectivity index (χ1) is 9.75. The molecule has 110 valence electrons. The minimum atomic E-state index is 0.581. The van der Waals surface area contributed by atoms with Gasteiger partial charge in [-0.3, -0.25) is 0 Å². The standard InChI is InChI=1S/C18H27NO/c1-13(2)19-12-15-7-4-9-16(15)17-10-3-6-14-8-5-11-20-18(14)17/h3,6,10,13,15-16,19H,4-5,7-9,11-12H2,1-2H3. The summed E-state index contributed by atoms with van der Waals surface area (Å²) >= 11 is 0. The molecule has 1 saturated carbocycles. The van der Waals surface area contributed by atoms with Gasteiger partial charge in [0.2, 0.25) is 0 Å². The molecule has 2 nitrogen and oxygen atoms in total. The van der Waals surface area contributed by atoms with Gasteiger partial charge in [-0.1, -0.05) is 38.5 Å². The molecule has 2 atom stereocenters. The zero-order valence-corrected chi connectivity index (χ0v) is 12.8. The highest BCUT2D eigenvalue weighted by Gasteiger charge is 2.31. The van der Waals surface area contributed by atoms with Crippen LogP contribution in [0.25, 0.3) is 0 Å². The maximum absolute atomic E-state index is 6.02. The zero-order valence-electron chi connectivity index (χ0n) is 12.8. The van der Waals surface area contributed by atoms with Gasteiger partial charge in [-0.25, -0.2) is 0 Å². The lowest BCUT2D eigenvalue weighted by Gasteiger charge is -2.27. The van der Waals surface area contributed by atoms with Crippen LogP contribution in [0.2, 0.25) is 0 Å².